The summed E-state index contributed by atoms with van der Waals surface area (Å²) in [7, 11) is 0. The van der Waals surface area contributed by atoms with Gasteiger partial charge >= 0.3 is 0 Å². The Morgan fingerprint density at radius 3 is 2.42 bits per heavy atom. The normalized spacial score (nSPS) is 15.5. The standard InChI is InChI=1S/C24H25N5O3S/c1-4-20(30)25-18-7-5-16(6-8-18)22(32)26-24-28-27-23(33-24)17-12-21(31)29(13-17)19-10-14(2)9-15(3)11-19/h5-11,17H,4,12-13H2,1-3H3,(H,25,30)(H,26,28,32)/t17-/m1/s1. The number of carbonyl (C=O) groups is 3. The third kappa shape index (κ3) is 5.25. The molecule has 9 heteroatoms. The largest absolute Gasteiger partial charge is 0.326 e. The zero-order valence-corrected chi connectivity index (χ0v) is 19.5. The summed E-state index contributed by atoms with van der Waals surface area (Å²) in [6, 6.07) is 12.7. The smallest absolute Gasteiger partial charge is 0.257 e. The Morgan fingerprint density at radius 2 is 1.76 bits per heavy atom. The average Bonchev–Trinajstić information content (AvgIpc) is 3.40. The molecule has 170 valence electrons. The lowest BCUT2D eigenvalue weighted by Gasteiger charge is -2.17. The van der Waals surface area contributed by atoms with Crippen molar-refractivity contribution in [2.75, 3.05) is 22.1 Å². The first-order valence-electron chi connectivity index (χ1n) is 10.8. The SMILES string of the molecule is CCC(=O)Nc1ccc(C(=O)Nc2nnc([C@@H]3CC(=O)N(c4cc(C)cc(C)c4)C3)s2)cc1. The van der Waals surface area contributed by atoms with Gasteiger partial charge in [-0.1, -0.05) is 24.3 Å². The first kappa shape index (κ1) is 22.6. The molecule has 1 aliphatic rings. The molecule has 0 saturated carbocycles. The summed E-state index contributed by atoms with van der Waals surface area (Å²) < 4.78 is 0. The van der Waals surface area contributed by atoms with E-state index in [1.807, 2.05) is 26.0 Å². The Morgan fingerprint density at radius 1 is 1.06 bits per heavy atom. The van der Waals surface area contributed by atoms with Crippen LogP contribution in [-0.2, 0) is 9.59 Å². The van der Waals surface area contributed by atoms with Crippen LogP contribution in [0.3, 0.4) is 0 Å². The van der Waals surface area contributed by atoms with E-state index in [0.717, 1.165) is 21.8 Å². The quantitative estimate of drug-likeness (QED) is 0.568. The van der Waals surface area contributed by atoms with E-state index in [1.54, 1.807) is 36.1 Å². The van der Waals surface area contributed by atoms with Crippen LogP contribution in [0.25, 0.3) is 0 Å². The molecule has 2 aromatic carbocycles. The van der Waals surface area contributed by atoms with Gasteiger partial charge in [0.1, 0.15) is 5.01 Å². The van der Waals surface area contributed by atoms with E-state index in [4.69, 9.17) is 0 Å². The molecule has 3 aromatic rings. The number of rotatable bonds is 6. The van der Waals surface area contributed by atoms with Crippen molar-refractivity contribution in [2.24, 2.45) is 0 Å². The molecule has 1 fully saturated rings. The van der Waals surface area contributed by atoms with E-state index >= 15 is 0 Å². The molecule has 4 rings (SSSR count). The van der Waals surface area contributed by atoms with Gasteiger partial charge in [-0.2, -0.15) is 0 Å². The predicted molar refractivity (Wildman–Crippen MR) is 129 cm³/mol. The van der Waals surface area contributed by atoms with Gasteiger partial charge in [-0.25, -0.2) is 0 Å². The highest BCUT2D eigenvalue weighted by atomic mass is 32.1. The molecule has 0 radical (unpaired) electrons. The van der Waals surface area contributed by atoms with Crippen LogP contribution in [0, 0.1) is 13.8 Å². The lowest BCUT2D eigenvalue weighted by atomic mass is 10.1. The minimum Gasteiger partial charge on any atom is -0.326 e. The van der Waals surface area contributed by atoms with E-state index < -0.39 is 0 Å². The third-order valence-corrected chi connectivity index (χ3v) is 6.41. The molecule has 1 aliphatic heterocycles. The van der Waals surface area contributed by atoms with Crippen molar-refractivity contribution in [2.45, 2.75) is 39.5 Å². The van der Waals surface area contributed by atoms with Gasteiger partial charge in [0.05, 0.1) is 0 Å². The van der Waals surface area contributed by atoms with Crippen molar-refractivity contribution >= 4 is 45.6 Å². The van der Waals surface area contributed by atoms with Crippen LogP contribution in [0.15, 0.2) is 42.5 Å². The van der Waals surface area contributed by atoms with Crippen LogP contribution < -0.4 is 15.5 Å². The van der Waals surface area contributed by atoms with Crippen LogP contribution in [-0.4, -0.2) is 34.5 Å². The minimum atomic E-state index is -0.314. The van der Waals surface area contributed by atoms with E-state index in [0.29, 0.717) is 35.8 Å². The van der Waals surface area contributed by atoms with Crippen LogP contribution in [0.5, 0.6) is 0 Å². The van der Waals surface area contributed by atoms with Crippen molar-refractivity contribution in [3.63, 3.8) is 0 Å². The molecule has 0 bridgehead atoms. The van der Waals surface area contributed by atoms with Crippen molar-refractivity contribution in [3.05, 3.63) is 64.2 Å². The molecule has 8 nitrogen and oxygen atoms in total. The lowest BCUT2D eigenvalue weighted by molar-refractivity contribution is -0.117. The Labute approximate surface area is 196 Å². The number of anilines is 3. The van der Waals surface area contributed by atoms with Crippen molar-refractivity contribution in [1.82, 2.24) is 10.2 Å². The molecule has 2 heterocycles. The third-order valence-electron chi connectivity index (χ3n) is 5.41. The fourth-order valence-electron chi connectivity index (χ4n) is 3.80. The summed E-state index contributed by atoms with van der Waals surface area (Å²) in [5, 5.41) is 14.9. The molecular weight excluding hydrogens is 438 g/mol. The molecule has 1 atom stereocenters. The zero-order chi connectivity index (χ0) is 23.5. The Hall–Kier alpha value is -3.59. The summed E-state index contributed by atoms with van der Waals surface area (Å²) in [6.07, 6.45) is 0.747. The van der Waals surface area contributed by atoms with Crippen molar-refractivity contribution in [3.8, 4) is 0 Å². The molecule has 33 heavy (non-hydrogen) atoms. The average molecular weight is 464 g/mol. The van der Waals surface area contributed by atoms with E-state index in [2.05, 4.69) is 26.9 Å². The van der Waals surface area contributed by atoms with Gasteiger partial charge in [0.25, 0.3) is 5.91 Å². The summed E-state index contributed by atoms with van der Waals surface area (Å²) in [5.74, 6) is -0.413. The first-order chi connectivity index (χ1) is 15.8. The summed E-state index contributed by atoms with van der Waals surface area (Å²) in [4.78, 5) is 38.5. The van der Waals surface area contributed by atoms with E-state index in [9.17, 15) is 14.4 Å². The number of benzene rings is 2. The second kappa shape index (κ2) is 9.50. The summed E-state index contributed by atoms with van der Waals surface area (Å²) >= 11 is 1.28. The lowest BCUT2D eigenvalue weighted by Crippen LogP contribution is -2.24. The number of aromatic nitrogens is 2. The number of hydrogen-bond acceptors (Lipinski definition) is 6. The molecule has 1 aromatic heterocycles. The van der Waals surface area contributed by atoms with Crippen LogP contribution in [0.4, 0.5) is 16.5 Å². The van der Waals surface area contributed by atoms with Crippen molar-refractivity contribution < 1.29 is 14.4 Å². The minimum absolute atomic E-state index is 0.0565. The molecular formula is C24H25N5O3S. The number of nitrogens with one attached hydrogen (secondary N) is 2. The van der Waals surface area contributed by atoms with Crippen LogP contribution in [0.2, 0.25) is 0 Å². The van der Waals surface area contributed by atoms with E-state index in [-0.39, 0.29) is 23.6 Å². The number of nitrogens with zero attached hydrogens (tertiary/aromatic N) is 3. The predicted octanol–water partition coefficient (Wildman–Crippen LogP) is 4.28. The van der Waals surface area contributed by atoms with Gasteiger partial charge in [-0.3, -0.25) is 19.7 Å². The van der Waals surface area contributed by atoms with Gasteiger partial charge in [-0.15, -0.1) is 10.2 Å². The number of carbonyl (C=O) groups excluding carboxylic acids is 3. The van der Waals surface area contributed by atoms with Gasteiger partial charge in [0, 0.05) is 42.2 Å². The van der Waals surface area contributed by atoms with Crippen molar-refractivity contribution in [1.29, 1.82) is 0 Å². The van der Waals surface area contributed by atoms with Gasteiger partial charge < -0.3 is 10.2 Å². The second-order valence-electron chi connectivity index (χ2n) is 8.13. The Bertz CT molecular complexity index is 1180. The van der Waals surface area contributed by atoms with Crippen LogP contribution in [0.1, 0.15) is 52.2 Å². The zero-order valence-electron chi connectivity index (χ0n) is 18.7. The fraction of sp³-hybridized carbons (Fsp3) is 0.292. The maximum atomic E-state index is 12.7. The summed E-state index contributed by atoms with van der Waals surface area (Å²) in [6.45, 7) is 6.34. The molecule has 2 N–H and O–H groups in total. The van der Waals surface area contributed by atoms with Gasteiger partial charge in [-0.05, 0) is 61.4 Å². The maximum Gasteiger partial charge on any atom is 0.257 e. The van der Waals surface area contributed by atoms with Gasteiger partial charge in [0.15, 0.2) is 0 Å². The molecule has 0 spiro atoms. The fourth-order valence-corrected chi connectivity index (χ4v) is 4.63. The molecule has 1 saturated heterocycles. The van der Waals surface area contributed by atoms with Crippen LogP contribution >= 0.6 is 11.3 Å². The maximum absolute atomic E-state index is 12.7. The van der Waals surface area contributed by atoms with E-state index in [1.165, 1.54) is 11.3 Å². The molecule has 0 unspecified atom stereocenters. The molecule has 3 amide bonds. The first-order valence-corrected chi connectivity index (χ1v) is 11.6. The Balaban J connectivity index is 1.40. The topological polar surface area (TPSA) is 104 Å². The van der Waals surface area contributed by atoms with Gasteiger partial charge in [0.2, 0.25) is 16.9 Å². The second-order valence-corrected chi connectivity index (χ2v) is 9.14. The highest BCUT2D eigenvalue weighted by molar-refractivity contribution is 7.15. The summed E-state index contributed by atoms with van der Waals surface area (Å²) in [5.41, 5.74) is 4.21. The Kier molecular flexibility index (Phi) is 6.50. The monoisotopic (exact) mass is 463 g/mol. The number of hydrogen-bond donors (Lipinski definition) is 2. The number of amides is 3. The highest BCUT2D eigenvalue weighted by Gasteiger charge is 2.34. The molecule has 0 aliphatic carbocycles. The number of aryl methyl sites for hydroxylation is 2. The highest BCUT2D eigenvalue weighted by Crippen LogP contribution is 2.35.